The Bertz CT molecular complexity index is 407. The van der Waals surface area contributed by atoms with Crippen LogP contribution in [0, 0.1) is 0 Å². The van der Waals surface area contributed by atoms with Gasteiger partial charge in [-0.3, -0.25) is 0 Å². The molecule has 0 aliphatic heterocycles. The zero-order chi connectivity index (χ0) is 16.2. The molecule has 0 unspecified atom stereocenters. The van der Waals surface area contributed by atoms with Gasteiger partial charge in [-0.2, -0.15) is 0 Å². The molecule has 0 saturated carbocycles. The highest BCUT2D eigenvalue weighted by Crippen LogP contribution is 1.94. The highest BCUT2D eigenvalue weighted by atomic mass is 32.2. The first kappa shape index (κ1) is 20.7. The molecule has 128 valence electrons. The lowest BCUT2D eigenvalue weighted by Crippen LogP contribution is -2.33. The summed E-state index contributed by atoms with van der Waals surface area (Å²) in [7, 11) is -6.92. The van der Waals surface area contributed by atoms with Crippen LogP contribution in [0.2, 0.25) is 0 Å². The molecule has 2 N–H and O–H groups in total. The Morgan fingerprint density at radius 3 is 1.48 bits per heavy atom. The summed E-state index contributed by atoms with van der Waals surface area (Å²) in [5, 5.41) is 0. The van der Waals surface area contributed by atoms with E-state index in [1.54, 1.807) is 0 Å². The Kier molecular flexibility index (Phi) is 11.2. The maximum atomic E-state index is 11.6. The Hall–Kier alpha value is -0.260. The molecule has 8 nitrogen and oxygen atoms in total. The normalized spacial score (nSPS) is 12.7. The molecule has 0 spiro atoms. The van der Waals surface area contributed by atoms with Gasteiger partial charge in [0.2, 0.25) is 20.0 Å². The number of ether oxygens (including phenoxy) is 2. The average molecular weight is 346 g/mol. The van der Waals surface area contributed by atoms with Crippen LogP contribution < -0.4 is 9.44 Å². The molecule has 0 aromatic heterocycles. The second-order valence-electron chi connectivity index (χ2n) is 4.17. The van der Waals surface area contributed by atoms with Gasteiger partial charge in [0.05, 0.1) is 24.7 Å². The molecule has 0 aliphatic rings. The molecule has 0 saturated heterocycles. The summed E-state index contributed by atoms with van der Waals surface area (Å²) in [6, 6.07) is 0. The molecular formula is C11H26N2O6S2. The summed E-state index contributed by atoms with van der Waals surface area (Å²) < 4.78 is 61.0. The molecule has 21 heavy (non-hydrogen) atoms. The zero-order valence-corrected chi connectivity index (χ0v) is 14.3. The van der Waals surface area contributed by atoms with Crippen molar-refractivity contribution in [3.63, 3.8) is 0 Å². The van der Waals surface area contributed by atoms with E-state index in [1.807, 2.05) is 13.8 Å². The van der Waals surface area contributed by atoms with Crippen molar-refractivity contribution >= 4 is 20.0 Å². The van der Waals surface area contributed by atoms with E-state index in [0.29, 0.717) is 26.4 Å². The summed E-state index contributed by atoms with van der Waals surface area (Å²) in [6.45, 7) is 5.65. The lowest BCUT2D eigenvalue weighted by Gasteiger charge is -2.08. The SMILES string of the molecule is CCOCCNS(=O)(=O)CCCS(=O)(=O)NCCOCC. The van der Waals surface area contributed by atoms with E-state index in [4.69, 9.17) is 9.47 Å². The third-order valence-electron chi connectivity index (χ3n) is 2.37. The minimum atomic E-state index is -3.46. The van der Waals surface area contributed by atoms with Crippen LogP contribution in [0.1, 0.15) is 20.3 Å². The molecule has 0 radical (unpaired) electrons. The van der Waals surface area contributed by atoms with Crippen LogP contribution in [0.4, 0.5) is 0 Å². The van der Waals surface area contributed by atoms with Crippen LogP contribution in [0.15, 0.2) is 0 Å². The van der Waals surface area contributed by atoms with Crippen LogP contribution in [0.3, 0.4) is 0 Å². The first-order valence-corrected chi connectivity index (χ1v) is 10.2. The van der Waals surface area contributed by atoms with E-state index in [1.165, 1.54) is 0 Å². The highest BCUT2D eigenvalue weighted by molar-refractivity contribution is 7.90. The van der Waals surface area contributed by atoms with Gasteiger partial charge in [-0.1, -0.05) is 0 Å². The van der Waals surface area contributed by atoms with Crippen molar-refractivity contribution in [2.75, 3.05) is 51.0 Å². The van der Waals surface area contributed by atoms with Gasteiger partial charge in [-0.05, 0) is 20.3 Å². The van der Waals surface area contributed by atoms with Crippen LogP contribution in [0.5, 0.6) is 0 Å². The second kappa shape index (κ2) is 11.3. The number of hydrogen-bond donors (Lipinski definition) is 2. The molecule has 10 heteroatoms. The third-order valence-corrected chi connectivity index (χ3v) is 5.31. The minimum absolute atomic E-state index is 0.0357. The fourth-order valence-electron chi connectivity index (χ4n) is 1.41. The van der Waals surface area contributed by atoms with Gasteiger partial charge < -0.3 is 9.47 Å². The van der Waals surface area contributed by atoms with Crippen LogP contribution in [0.25, 0.3) is 0 Å². The van der Waals surface area contributed by atoms with Crippen LogP contribution in [-0.2, 0) is 29.5 Å². The van der Waals surface area contributed by atoms with Crippen molar-refractivity contribution in [3.8, 4) is 0 Å². The van der Waals surface area contributed by atoms with Gasteiger partial charge in [0.1, 0.15) is 0 Å². The predicted molar refractivity (Wildman–Crippen MR) is 81.2 cm³/mol. The largest absolute Gasteiger partial charge is 0.380 e. The van der Waals surface area contributed by atoms with E-state index < -0.39 is 20.0 Å². The molecule has 0 aromatic carbocycles. The monoisotopic (exact) mass is 346 g/mol. The van der Waals surface area contributed by atoms with Crippen molar-refractivity contribution in [2.45, 2.75) is 20.3 Å². The van der Waals surface area contributed by atoms with Crippen LogP contribution >= 0.6 is 0 Å². The van der Waals surface area contributed by atoms with Gasteiger partial charge in [0.25, 0.3) is 0 Å². The molecule has 0 rings (SSSR count). The van der Waals surface area contributed by atoms with Gasteiger partial charge in [0.15, 0.2) is 0 Å². The number of hydrogen-bond acceptors (Lipinski definition) is 6. The molecule has 0 aliphatic carbocycles. The van der Waals surface area contributed by atoms with E-state index in [2.05, 4.69) is 9.44 Å². The molecule has 0 fully saturated rings. The summed E-state index contributed by atoms with van der Waals surface area (Å²) >= 11 is 0. The van der Waals surface area contributed by atoms with Crippen molar-refractivity contribution in [1.29, 1.82) is 0 Å². The Morgan fingerprint density at radius 1 is 0.762 bits per heavy atom. The fraction of sp³-hybridized carbons (Fsp3) is 1.00. The quantitative estimate of drug-likeness (QED) is 0.402. The van der Waals surface area contributed by atoms with Gasteiger partial charge in [-0.25, -0.2) is 26.3 Å². The highest BCUT2D eigenvalue weighted by Gasteiger charge is 2.14. The Balaban J connectivity index is 3.89. The van der Waals surface area contributed by atoms with E-state index in [0.717, 1.165) is 0 Å². The molecule has 0 bridgehead atoms. The maximum Gasteiger partial charge on any atom is 0.211 e. The average Bonchev–Trinajstić information content (AvgIpc) is 2.39. The third kappa shape index (κ3) is 13.1. The zero-order valence-electron chi connectivity index (χ0n) is 12.6. The number of nitrogens with one attached hydrogen (secondary N) is 2. The Morgan fingerprint density at radius 2 is 1.14 bits per heavy atom. The first-order valence-electron chi connectivity index (χ1n) is 6.93. The van der Waals surface area contributed by atoms with E-state index in [-0.39, 0.29) is 31.0 Å². The summed E-state index contributed by atoms with van der Waals surface area (Å²) in [4.78, 5) is 0. The van der Waals surface area contributed by atoms with Gasteiger partial charge >= 0.3 is 0 Å². The maximum absolute atomic E-state index is 11.6. The summed E-state index contributed by atoms with van der Waals surface area (Å²) in [5.41, 5.74) is 0. The fourth-order valence-corrected chi connectivity index (χ4v) is 3.72. The summed E-state index contributed by atoms with van der Waals surface area (Å²) in [6.07, 6.45) is 0.0357. The lowest BCUT2D eigenvalue weighted by molar-refractivity contribution is 0.153. The molecular weight excluding hydrogens is 320 g/mol. The minimum Gasteiger partial charge on any atom is -0.380 e. The first-order chi connectivity index (χ1) is 9.83. The molecule has 0 atom stereocenters. The van der Waals surface area contributed by atoms with E-state index in [9.17, 15) is 16.8 Å². The topological polar surface area (TPSA) is 111 Å². The van der Waals surface area contributed by atoms with E-state index >= 15 is 0 Å². The number of sulfonamides is 2. The van der Waals surface area contributed by atoms with Gasteiger partial charge in [0, 0.05) is 26.3 Å². The number of rotatable bonds is 14. The van der Waals surface area contributed by atoms with Crippen LogP contribution in [-0.4, -0.2) is 67.9 Å². The molecule has 0 amide bonds. The second-order valence-corrected chi connectivity index (χ2v) is 8.03. The smallest absolute Gasteiger partial charge is 0.211 e. The molecule has 0 heterocycles. The lowest BCUT2D eigenvalue weighted by atomic mass is 10.6. The van der Waals surface area contributed by atoms with Crippen molar-refractivity contribution in [1.82, 2.24) is 9.44 Å². The molecule has 0 aromatic rings. The van der Waals surface area contributed by atoms with Crippen molar-refractivity contribution in [3.05, 3.63) is 0 Å². The summed E-state index contributed by atoms with van der Waals surface area (Å²) in [5.74, 6) is -0.461. The standard InChI is InChI=1S/C11H26N2O6S2/c1-3-18-8-6-12-20(14,15)10-5-11-21(16,17)13-7-9-19-4-2/h12-13H,3-11H2,1-2H3. The Labute approximate surface area is 127 Å². The van der Waals surface area contributed by atoms with Gasteiger partial charge in [-0.15, -0.1) is 0 Å². The predicted octanol–water partition coefficient (Wildman–Crippen LogP) is -0.712. The van der Waals surface area contributed by atoms with Crippen molar-refractivity contribution in [2.24, 2.45) is 0 Å². The van der Waals surface area contributed by atoms with Crippen molar-refractivity contribution < 1.29 is 26.3 Å².